The fraction of sp³-hybridized carbons (Fsp3) is 0.267. The van der Waals surface area contributed by atoms with Crippen molar-refractivity contribution in [3.05, 3.63) is 47.3 Å². The van der Waals surface area contributed by atoms with Gasteiger partial charge in [0.25, 0.3) is 0 Å². The van der Waals surface area contributed by atoms with Gasteiger partial charge in [0.05, 0.1) is 13.7 Å². The highest BCUT2D eigenvalue weighted by atomic mass is 19.1. The second-order valence-electron chi connectivity index (χ2n) is 4.43. The monoisotopic (exact) mass is 261 g/mol. The number of nitrogens with one attached hydrogen (secondary N) is 1. The van der Waals surface area contributed by atoms with Crippen molar-refractivity contribution in [1.29, 1.82) is 0 Å². The summed E-state index contributed by atoms with van der Waals surface area (Å²) in [5.74, 6) is -0.542. The highest BCUT2D eigenvalue weighted by molar-refractivity contribution is 5.86. The van der Waals surface area contributed by atoms with Crippen molar-refractivity contribution >= 4 is 16.7 Å². The average molecular weight is 261 g/mol. The van der Waals surface area contributed by atoms with Crippen molar-refractivity contribution in [2.45, 2.75) is 13.5 Å². The molecule has 100 valence electrons. The second-order valence-corrected chi connectivity index (χ2v) is 4.43. The molecule has 0 unspecified atom stereocenters. The Balaban J connectivity index is 2.21. The van der Waals surface area contributed by atoms with Gasteiger partial charge in [0.1, 0.15) is 5.82 Å². The lowest BCUT2D eigenvalue weighted by atomic mass is 10.0. The molecular formula is C15H16FNO2. The maximum Gasteiger partial charge on any atom is 0.319 e. The zero-order chi connectivity index (χ0) is 13.8. The van der Waals surface area contributed by atoms with E-state index in [9.17, 15) is 9.18 Å². The predicted molar refractivity (Wildman–Crippen MR) is 72.4 cm³/mol. The van der Waals surface area contributed by atoms with E-state index in [1.807, 2.05) is 25.1 Å². The molecule has 3 nitrogen and oxygen atoms in total. The first-order valence-electron chi connectivity index (χ1n) is 6.07. The number of ether oxygens (including phenoxy) is 1. The van der Waals surface area contributed by atoms with Gasteiger partial charge in [0.2, 0.25) is 0 Å². The maximum absolute atomic E-state index is 13.8. The van der Waals surface area contributed by atoms with Crippen LogP contribution in [0.2, 0.25) is 0 Å². The summed E-state index contributed by atoms with van der Waals surface area (Å²) in [5.41, 5.74) is 1.96. The number of benzene rings is 2. The van der Waals surface area contributed by atoms with Gasteiger partial charge in [-0.1, -0.05) is 18.2 Å². The van der Waals surface area contributed by atoms with E-state index in [1.165, 1.54) is 13.2 Å². The molecule has 0 aliphatic rings. The van der Waals surface area contributed by atoms with Crippen LogP contribution in [0.1, 0.15) is 11.1 Å². The molecule has 0 atom stereocenters. The van der Waals surface area contributed by atoms with Crippen LogP contribution < -0.4 is 5.32 Å². The van der Waals surface area contributed by atoms with Crippen molar-refractivity contribution < 1.29 is 13.9 Å². The lowest BCUT2D eigenvalue weighted by Gasteiger charge is -2.09. The first kappa shape index (κ1) is 13.5. The normalized spacial score (nSPS) is 10.7. The molecule has 2 rings (SSSR count). The molecule has 0 saturated carbocycles. The Morgan fingerprint density at radius 2 is 2.11 bits per heavy atom. The van der Waals surface area contributed by atoms with Crippen molar-refractivity contribution in [3.63, 3.8) is 0 Å². The summed E-state index contributed by atoms with van der Waals surface area (Å²) >= 11 is 0. The Kier molecular flexibility index (Phi) is 4.12. The van der Waals surface area contributed by atoms with E-state index in [0.717, 1.165) is 16.5 Å². The highest BCUT2D eigenvalue weighted by Gasteiger charge is 2.06. The smallest absolute Gasteiger partial charge is 0.319 e. The topological polar surface area (TPSA) is 38.3 Å². The fourth-order valence-corrected chi connectivity index (χ4v) is 2.09. The summed E-state index contributed by atoms with van der Waals surface area (Å²) in [4.78, 5) is 11.0. The lowest BCUT2D eigenvalue weighted by molar-refractivity contribution is -0.139. The first-order chi connectivity index (χ1) is 9.11. The Bertz CT molecular complexity index is 610. The standard InChI is InChI=1S/C15H16FNO2/c1-10-6-11(8-17-9-15(18)19-2)7-13-12(10)4-3-5-14(13)16/h3-7,17H,8-9H2,1-2H3. The van der Waals surface area contributed by atoms with Crippen LogP contribution in [-0.2, 0) is 16.1 Å². The van der Waals surface area contributed by atoms with E-state index >= 15 is 0 Å². The number of hydrogen-bond donors (Lipinski definition) is 1. The molecule has 0 amide bonds. The van der Waals surface area contributed by atoms with Crippen LogP contribution in [0.15, 0.2) is 30.3 Å². The van der Waals surface area contributed by atoms with Crippen LogP contribution >= 0.6 is 0 Å². The predicted octanol–water partition coefficient (Wildman–Crippen LogP) is 2.55. The average Bonchev–Trinajstić information content (AvgIpc) is 2.40. The number of carbonyl (C=O) groups excluding carboxylic acids is 1. The van der Waals surface area contributed by atoms with Crippen molar-refractivity contribution in [1.82, 2.24) is 5.32 Å². The molecule has 0 heterocycles. The third-order valence-corrected chi connectivity index (χ3v) is 3.04. The molecular weight excluding hydrogens is 245 g/mol. The molecule has 0 aliphatic carbocycles. The quantitative estimate of drug-likeness (QED) is 0.860. The number of hydrogen-bond acceptors (Lipinski definition) is 3. The summed E-state index contributed by atoms with van der Waals surface area (Å²) in [6.45, 7) is 2.59. The van der Waals surface area contributed by atoms with Crippen LogP contribution in [-0.4, -0.2) is 19.6 Å². The zero-order valence-corrected chi connectivity index (χ0v) is 11.0. The van der Waals surface area contributed by atoms with Crippen LogP contribution in [0.5, 0.6) is 0 Å². The summed E-state index contributed by atoms with van der Waals surface area (Å²) in [6.07, 6.45) is 0. The summed E-state index contributed by atoms with van der Waals surface area (Å²) in [5, 5.41) is 4.49. The minimum atomic E-state index is -0.316. The van der Waals surface area contributed by atoms with E-state index < -0.39 is 0 Å². The van der Waals surface area contributed by atoms with E-state index in [4.69, 9.17) is 0 Å². The first-order valence-corrected chi connectivity index (χ1v) is 6.07. The Morgan fingerprint density at radius 1 is 1.32 bits per heavy atom. The molecule has 2 aromatic rings. The van der Waals surface area contributed by atoms with Gasteiger partial charge in [-0.05, 0) is 35.6 Å². The van der Waals surface area contributed by atoms with Crippen LogP contribution in [0.3, 0.4) is 0 Å². The molecule has 0 bridgehead atoms. The molecule has 1 N–H and O–H groups in total. The molecule has 19 heavy (non-hydrogen) atoms. The Morgan fingerprint density at radius 3 is 2.84 bits per heavy atom. The molecule has 0 radical (unpaired) electrons. The SMILES string of the molecule is COC(=O)CNCc1cc(C)c2cccc(F)c2c1. The number of rotatable bonds is 4. The Hall–Kier alpha value is -1.94. The van der Waals surface area contributed by atoms with Crippen LogP contribution in [0.25, 0.3) is 10.8 Å². The fourth-order valence-electron chi connectivity index (χ4n) is 2.09. The molecule has 0 aromatic heterocycles. The van der Waals surface area contributed by atoms with Gasteiger partial charge >= 0.3 is 5.97 Å². The van der Waals surface area contributed by atoms with E-state index in [1.54, 1.807) is 6.07 Å². The third-order valence-electron chi connectivity index (χ3n) is 3.04. The lowest BCUT2D eigenvalue weighted by Crippen LogP contribution is -2.23. The molecule has 0 saturated heterocycles. The number of aryl methyl sites for hydroxylation is 1. The number of halogens is 1. The number of fused-ring (bicyclic) bond motifs is 1. The molecule has 0 fully saturated rings. The minimum absolute atomic E-state index is 0.144. The third kappa shape index (κ3) is 3.09. The molecule has 0 spiro atoms. The maximum atomic E-state index is 13.8. The van der Waals surface area contributed by atoms with Crippen LogP contribution in [0, 0.1) is 12.7 Å². The molecule has 0 aliphatic heterocycles. The minimum Gasteiger partial charge on any atom is -0.468 e. The van der Waals surface area contributed by atoms with Gasteiger partial charge < -0.3 is 10.1 Å². The molecule has 4 heteroatoms. The highest BCUT2D eigenvalue weighted by Crippen LogP contribution is 2.23. The van der Waals surface area contributed by atoms with Gasteiger partial charge in [0.15, 0.2) is 0 Å². The van der Waals surface area contributed by atoms with Crippen molar-refractivity contribution in [2.24, 2.45) is 0 Å². The van der Waals surface area contributed by atoms with E-state index in [-0.39, 0.29) is 18.3 Å². The van der Waals surface area contributed by atoms with E-state index in [0.29, 0.717) is 11.9 Å². The largest absolute Gasteiger partial charge is 0.468 e. The summed E-state index contributed by atoms with van der Waals surface area (Å²) in [6, 6.07) is 8.86. The van der Waals surface area contributed by atoms with Gasteiger partial charge in [0, 0.05) is 11.9 Å². The van der Waals surface area contributed by atoms with Gasteiger partial charge in [-0.15, -0.1) is 0 Å². The molecule has 2 aromatic carbocycles. The summed E-state index contributed by atoms with van der Waals surface area (Å²) < 4.78 is 18.3. The van der Waals surface area contributed by atoms with E-state index in [2.05, 4.69) is 10.1 Å². The summed E-state index contributed by atoms with van der Waals surface area (Å²) in [7, 11) is 1.35. The zero-order valence-electron chi connectivity index (χ0n) is 11.0. The number of esters is 1. The van der Waals surface area contributed by atoms with Gasteiger partial charge in [-0.3, -0.25) is 4.79 Å². The van der Waals surface area contributed by atoms with Gasteiger partial charge in [-0.2, -0.15) is 0 Å². The second kappa shape index (κ2) is 5.80. The van der Waals surface area contributed by atoms with Crippen LogP contribution in [0.4, 0.5) is 4.39 Å². The number of carbonyl (C=O) groups is 1. The van der Waals surface area contributed by atoms with Gasteiger partial charge in [-0.25, -0.2) is 4.39 Å². The van der Waals surface area contributed by atoms with Crippen molar-refractivity contribution in [3.8, 4) is 0 Å². The number of methoxy groups -OCH3 is 1. The van der Waals surface area contributed by atoms with Crippen molar-refractivity contribution in [2.75, 3.05) is 13.7 Å². The Labute approximate surface area is 111 Å².